The van der Waals surface area contributed by atoms with Crippen molar-refractivity contribution < 1.29 is 17.9 Å². The quantitative estimate of drug-likeness (QED) is 0.868. The SMILES string of the molecule is O=S1(=O)CCCC(CO)(Nc2ccc(F)cc2)C1. The summed E-state index contributed by atoms with van der Waals surface area (Å²) in [5.41, 5.74) is -0.239. The maximum absolute atomic E-state index is 12.8. The van der Waals surface area contributed by atoms with E-state index in [1.54, 1.807) is 0 Å². The van der Waals surface area contributed by atoms with Crippen LogP contribution in [0.2, 0.25) is 0 Å². The summed E-state index contributed by atoms with van der Waals surface area (Å²) < 4.78 is 36.1. The van der Waals surface area contributed by atoms with Gasteiger partial charge in [0.05, 0.1) is 23.7 Å². The van der Waals surface area contributed by atoms with Gasteiger partial charge in [0.15, 0.2) is 9.84 Å². The molecule has 0 bridgehead atoms. The van der Waals surface area contributed by atoms with Crippen molar-refractivity contribution in [2.24, 2.45) is 0 Å². The maximum Gasteiger partial charge on any atom is 0.152 e. The lowest BCUT2D eigenvalue weighted by Crippen LogP contribution is -2.51. The molecule has 2 N–H and O–H groups in total. The lowest BCUT2D eigenvalue weighted by Gasteiger charge is -2.36. The summed E-state index contributed by atoms with van der Waals surface area (Å²) in [6, 6.07) is 5.66. The van der Waals surface area contributed by atoms with Crippen LogP contribution < -0.4 is 5.32 Å². The number of aliphatic hydroxyl groups is 1. The van der Waals surface area contributed by atoms with Crippen LogP contribution in [0.5, 0.6) is 0 Å². The molecule has 18 heavy (non-hydrogen) atoms. The van der Waals surface area contributed by atoms with Crippen LogP contribution in [0.15, 0.2) is 24.3 Å². The number of hydrogen-bond acceptors (Lipinski definition) is 4. The van der Waals surface area contributed by atoms with Gasteiger partial charge in [-0.1, -0.05) is 0 Å². The van der Waals surface area contributed by atoms with Crippen molar-refractivity contribution in [2.45, 2.75) is 18.4 Å². The van der Waals surface area contributed by atoms with Crippen molar-refractivity contribution in [1.29, 1.82) is 0 Å². The molecule has 100 valence electrons. The summed E-state index contributed by atoms with van der Waals surface area (Å²) in [6.45, 7) is -0.260. The zero-order valence-corrected chi connectivity index (χ0v) is 10.7. The highest BCUT2D eigenvalue weighted by molar-refractivity contribution is 7.91. The van der Waals surface area contributed by atoms with E-state index in [0.29, 0.717) is 18.5 Å². The van der Waals surface area contributed by atoms with E-state index in [-0.39, 0.29) is 23.9 Å². The molecule has 1 unspecified atom stereocenters. The number of benzene rings is 1. The fourth-order valence-electron chi connectivity index (χ4n) is 2.30. The van der Waals surface area contributed by atoms with Gasteiger partial charge in [0.25, 0.3) is 0 Å². The van der Waals surface area contributed by atoms with Crippen molar-refractivity contribution in [1.82, 2.24) is 0 Å². The van der Waals surface area contributed by atoms with Gasteiger partial charge in [-0.05, 0) is 37.1 Å². The van der Waals surface area contributed by atoms with Crippen molar-refractivity contribution in [3.05, 3.63) is 30.1 Å². The van der Waals surface area contributed by atoms with Crippen LogP contribution in [0.3, 0.4) is 0 Å². The van der Waals surface area contributed by atoms with Crippen LogP contribution in [0.4, 0.5) is 10.1 Å². The lowest BCUT2D eigenvalue weighted by atomic mass is 9.96. The van der Waals surface area contributed by atoms with E-state index in [9.17, 15) is 17.9 Å². The molecule has 1 aliphatic heterocycles. The average Bonchev–Trinajstić information content (AvgIpc) is 2.31. The highest BCUT2D eigenvalue weighted by Crippen LogP contribution is 2.27. The molecular formula is C12H16FNO3S. The standard InChI is InChI=1S/C12H16FNO3S/c13-10-2-4-11(5-3-10)14-12(8-15)6-1-7-18(16,17)9-12/h2-5,14-15H,1,6-9H2. The van der Waals surface area contributed by atoms with E-state index in [2.05, 4.69) is 5.32 Å². The second-order valence-electron chi connectivity index (χ2n) is 4.77. The topological polar surface area (TPSA) is 66.4 Å². The molecule has 0 radical (unpaired) electrons. The fourth-order valence-corrected chi connectivity index (χ4v) is 4.18. The summed E-state index contributed by atoms with van der Waals surface area (Å²) in [5, 5.41) is 12.5. The zero-order chi connectivity index (χ0) is 13.2. The molecule has 1 aromatic rings. The Hall–Kier alpha value is -1.14. The molecule has 0 aliphatic carbocycles. The highest BCUT2D eigenvalue weighted by Gasteiger charge is 2.38. The Kier molecular flexibility index (Phi) is 3.59. The van der Waals surface area contributed by atoms with E-state index < -0.39 is 15.4 Å². The molecule has 1 saturated heterocycles. The Morgan fingerprint density at radius 1 is 1.33 bits per heavy atom. The molecule has 1 aliphatic rings. The molecule has 1 heterocycles. The smallest absolute Gasteiger partial charge is 0.152 e. The van der Waals surface area contributed by atoms with E-state index >= 15 is 0 Å². The zero-order valence-electron chi connectivity index (χ0n) is 9.89. The number of sulfone groups is 1. The van der Waals surface area contributed by atoms with Gasteiger partial charge >= 0.3 is 0 Å². The third kappa shape index (κ3) is 3.00. The highest BCUT2D eigenvalue weighted by atomic mass is 32.2. The van der Waals surface area contributed by atoms with Gasteiger partial charge in [-0.3, -0.25) is 0 Å². The van der Waals surface area contributed by atoms with Crippen LogP contribution in [0.25, 0.3) is 0 Å². The first-order valence-corrected chi connectivity index (χ1v) is 7.62. The van der Waals surface area contributed by atoms with Crippen molar-refractivity contribution in [3.63, 3.8) is 0 Å². The minimum atomic E-state index is -3.13. The Morgan fingerprint density at radius 3 is 2.56 bits per heavy atom. The van der Waals surface area contributed by atoms with Crippen LogP contribution in [0, 0.1) is 5.82 Å². The monoisotopic (exact) mass is 273 g/mol. The molecule has 1 aromatic carbocycles. The Balaban J connectivity index is 2.20. The van der Waals surface area contributed by atoms with Crippen molar-refractivity contribution >= 4 is 15.5 Å². The predicted molar refractivity (Wildman–Crippen MR) is 67.7 cm³/mol. The molecule has 0 aromatic heterocycles. The van der Waals surface area contributed by atoms with Gasteiger partial charge in [0, 0.05) is 5.69 Å². The first-order valence-electron chi connectivity index (χ1n) is 5.80. The predicted octanol–water partition coefficient (Wildman–Crippen LogP) is 1.18. The molecule has 6 heteroatoms. The van der Waals surface area contributed by atoms with E-state index in [1.807, 2.05) is 0 Å². The van der Waals surface area contributed by atoms with Crippen LogP contribution >= 0.6 is 0 Å². The number of anilines is 1. The van der Waals surface area contributed by atoms with Gasteiger partial charge in [0.1, 0.15) is 5.82 Å². The van der Waals surface area contributed by atoms with Crippen molar-refractivity contribution in [3.8, 4) is 0 Å². The first kappa shape index (κ1) is 13.3. The minimum absolute atomic E-state index is 0.0894. The van der Waals surface area contributed by atoms with Crippen molar-refractivity contribution in [2.75, 3.05) is 23.4 Å². The Labute approximate surface area is 106 Å². The van der Waals surface area contributed by atoms with E-state index in [0.717, 1.165) is 0 Å². The number of rotatable bonds is 3. The molecule has 1 atom stereocenters. The number of nitrogens with one attached hydrogen (secondary N) is 1. The maximum atomic E-state index is 12.8. The molecule has 1 fully saturated rings. The Bertz CT molecular complexity index is 515. The van der Waals surface area contributed by atoms with Gasteiger partial charge in [-0.15, -0.1) is 0 Å². The molecule has 0 amide bonds. The van der Waals surface area contributed by atoms with Crippen LogP contribution in [0.1, 0.15) is 12.8 Å². The van der Waals surface area contributed by atoms with E-state index in [1.165, 1.54) is 24.3 Å². The summed E-state index contributed by atoms with van der Waals surface area (Å²) in [5.74, 6) is -0.275. The Morgan fingerprint density at radius 2 is 2.00 bits per heavy atom. The fraction of sp³-hybridized carbons (Fsp3) is 0.500. The lowest BCUT2D eigenvalue weighted by molar-refractivity contribution is 0.212. The number of hydrogen-bond donors (Lipinski definition) is 2. The molecule has 2 rings (SSSR count). The number of halogens is 1. The van der Waals surface area contributed by atoms with Gasteiger partial charge in [-0.25, -0.2) is 12.8 Å². The van der Waals surface area contributed by atoms with Gasteiger partial charge < -0.3 is 10.4 Å². The second-order valence-corrected chi connectivity index (χ2v) is 6.95. The van der Waals surface area contributed by atoms with Crippen LogP contribution in [-0.4, -0.2) is 37.2 Å². The van der Waals surface area contributed by atoms with Gasteiger partial charge in [0.2, 0.25) is 0 Å². The second kappa shape index (κ2) is 4.85. The molecule has 0 spiro atoms. The van der Waals surface area contributed by atoms with E-state index in [4.69, 9.17) is 0 Å². The third-order valence-corrected chi connectivity index (χ3v) is 5.07. The number of aliphatic hydroxyl groups excluding tert-OH is 1. The molecule has 4 nitrogen and oxygen atoms in total. The van der Waals surface area contributed by atoms with Crippen LogP contribution in [-0.2, 0) is 9.84 Å². The summed E-state index contributed by atoms with van der Waals surface area (Å²) in [6.07, 6.45) is 1.11. The first-order chi connectivity index (χ1) is 8.45. The third-order valence-electron chi connectivity index (χ3n) is 3.16. The molecule has 0 saturated carbocycles. The minimum Gasteiger partial charge on any atom is -0.394 e. The molecular weight excluding hydrogens is 257 g/mol. The van der Waals surface area contributed by atoms with Gasteiger partial charge in [-0.2, -0.15) is 0 Å². The normalized spacial score (nSPS) is 26.8. The summed E-state index contributed by atoms with van der Waals surface area (Å²) in [7, 11) is -3.13. The summed E-state index contributed by atoms with van der Waals surface area (Å²) in [4.78, 5) is 0. The summed E-state index contributed by atoms with van der Waals surface area (Å²) >= 11 is 0. The average molecular weight is 273 g/mol. The largest absolute Gasteiger partial charge is 0.394 e.